The van der Waals surface area contributed by atoms with Crippen molar-refractivity contribution in [2.24, 2.45) is 0 Å². The summed E-state index contributed by atoms with van der Waals surface area (Å²) >= 11 is 0. The van der Waals surface area contributed by atoms with Gasteiger partial charge in [0.1, 0.15) is 13.2 Å². The average Bonchev–Trinajstić information content (AvgIpc) is 2.82. The van der Waals surface area contributed by atoms with Gasteiger partial charge in [-0.05, 0) is 57.0 Å². The van der Waals surface area contributed by atoms with Gasteiger partial charge in [0.25, 0.3) is 0 Å². The van der Waals surface area contributed by atoms with Gasteiger partial charge in [-0.2, -0.15) is 0 Å². The SMILES string of the molecule is O=C(CCC(=O)c1ccc2c(c1)OCCO2)NCC1(N2CCCCC2)CCCCC1. The van der Waals surface area contributed by atoms with Gasteiger partial charge < -0.3 is 14.8 Å². The van der Waals surface area contributed by atoms with Crippen molar-refractivity contribution in [3.8, 4) is 11.5 Å². The predicted molar refractivity (Wildman–Crippen MR) is 115 cm³/mol. The largest absolute Gasteiger partial charge is 0.486 e. The van der Waals surface area contributed by atoms with E-state index in [-0.39, 0.29) is 30.1 Å². The summed E-state index contributed by atoms with van der Waals surface area (Å²) in [5.74, 6) is 1.22. The zero-order chi connectivity index (χ0) is 20.8. The molecule has 1 saturated heterocycles. The van der Waals surface area contributed by atoms with Crippen molar-refractivity contribution in [3.05, 3.63) is 23.8 Å². The Labute approximate surface area is 179 Å². The molecule has 0 radical (unpaired) electrons. The summed E-state index contributed by atoms with van der Waals surface area (Å²) < 4.78 is 11.1. The summed E-state index contributed by atoms with van der Waals surface area (Å²) in [7, 11) is 0. The number of ether oxygens (including phenoxy) is 2. The molecule has 0 spiro atoms. The number of nitrogens with zero attached hydrogens (tertiary/aromatic N) is 1. The zero-order valence-corrected chi connectivity index (χ0v) is 17.9. The highest BCUT2D eigenvalue weighted by Gasteiger charge is 2.38. The first-order chi connectivity index (χ1) is 14.7. The Balaban J connectivity index is 1.29. The standard InChI is InChI=1S/C24H34N2O4/c27-20(19-7-9-21-22(17-19)30-16-15-29-21)8-10-23(28)25-18-24(11-3-1-4-12-24)26-13-5-2-6-14-26/h7,9,17H,1-6,8,10-16,18H2,(H,25,28). The van der Waals surface area contributed by atoms with Crippen LogP contribution in [0.2, 0.25) is 0 Å². The van der Waals surface area contributed by atoms with E-state index in [1.807, 2.05) is 0 Å². The molecule has 2 fully saturated rings. The average molecular weight is 415 g/mol. The molecule has 6 nitrogen and oxygen atoms in total. The van der Waals surface area contributed by atoms with Gasteiger partial charge in [0.05, 0.1) is 0 Å². The molecule has 30 heavy (non-hydrogen) atoms. The van der Waals surface area contributed by atoms with E-state index >= 15 is 0 Å². The second-order valence-corrected chi connectivity index (χ2v) is 8.89. The minimum absolute atomic E-state index is 0.0251. The van der Waals surface area contributed by atoms with Crippen LogP contribution in [-0.2, 0) is 4.79 Å². The molecule has 3 aliphatic rings. The van der Waals surface area contributed by atoms with Crippen LogP contribution >= 0.6 is 0 Å². The van der Waals surface area contributed by atoms with Crippen molar-refractivity contribution in [2.45, 2.75) is 69.7 Å². The fourth-order valence-corrected chi connectivity index (χ4v) is 5.12. The minimum atomic E-state index is -0.0365. The number of Topliss-reactive ketones (excluding diaryl/α,β-unsaturated/α-hetero) is 1. The van der Waals surface area contributed by atoms with Crippen molar-refractivity contribution in [3.63, 3.8) is 0 Å². The highest BCUT2D eigenvalue weighted by molar-refractivity contribution is 5.98. The molecule has 1 aliphatic carbocycles. The highest BCUT2D eigenvalue weighted by Crippen LogP contribution is 2.35. The molecule has 1 aromatic carbocycles. The van der Waals surface area contributed by atoms with E-state index < -0.39 is 0 Å². The summed E-state index contributed by atoms with van der Waals surface area (Å²) in [5.41, 5.74) is 0.692. The molecule has 1 aromatic rings. The summed E-state index contributed by atoms with van der Waals surface area (Å²) in [6.07, 6.45) is 10.4. The zero-order valence-electron chi connectivity index (χ0n) is 17.9. The van der Waals surface area contributed by atoms with Crippen molar-refractivity contribution in [2.75, 3.05) is 32.8 Å². The van der Waals surface area contributed by atoms with E-state index in [1.165, 1.54) is 51.4 Å². The fourth-order valence-electron chi connectivity index (χ4n) is 5.12. The maximum Gasteiger partial charge on any atom is 0.220 e. The number of carbonyl (C=O) groups excluding carboxylic acids is 2. The maximum absolute atomic E-state index is 12.6. The molecule has 1 saturated carbocycles. The van der Waals surface area contributed by atoms with E-state index in [0.717, 1.165) is 13.1 Å². The van der Waals surface area contributed by atoms with Gasteiger partial charge in [0, 0.05) is 30.5 Å². The number of piperidine rings is 1. The molecule has 4 rings (SSSR count). The quantitative estimate of drug-likeness (QED) is 0.689. The summed E-state index contributed by atoms with van der Waals surface area (Å²) in [5, 5.41) is 3.17. The lowest BCUT2D eigenvalue weighted by Gasteiger charge is -2.48. The van der Waals surface area contributed by atoms with E-state index in [9.17, 15) is 9.59 Å². The molecule has 1 N–H and O–H groups in total. The normalized spacial score (nSPS) is 21.1. The van der Waals surface area contributed by atoms with Gasteiger partial charge in [-0.25, -0.2) is 0 Å². The molecule has 164 valence electrons. The van der Waals surface area contributed by atoms with Crippen LogP contribution in [0.15, 0.2) is 18.2 Å². The minimum Gasteiger partial charge on any atom is -0.486 e. The molecule has 0 unspecified atom stereocenters. The van der Waals surface area contributed by atoms with Crippen LogP contribution in [0.3, 0.4) is 0 Å². The van der Waals surface area contributed by atoms with Crippen molar-refractivity contribution in [1.82, 2.24) is 10.2 Å². The Hall–Kier alpha value is -2.08. The smallest absolute Gasteiger partial charge is 0.220 e. The number of benzene rings is 1. The number of hydrogen-bond donors (Lipinski definition) is 1. The Bertz CT molecular complexity index is 752. The third kappa shape index (κ3) is 4.97. The Morgan fingerprint density at radius 2 is 1.60 bits per heavy atom. The number of ketones is 1. The van der Waals surface area contributed by atoms with Crippen molar-refractivity contribution in [1.29, 1.82) is 0 Å². The van der Waals surface area contributed by atoms with Gasteiger partial charge >= 0.3 is 0 Å². The van der Waals surface area contributed by atoms with Crippen molar-refractivity contribution >= 4 is 11.7 Å². The third-order valence-corrected chi connectivity index (χ3v) is 6.87. The number of hydrogen-bond acceptors (Lipinski definition) is 5. The number of likely N-dealkylation sites (tertiary alicyclic amines) is 1. The summed E-state index contributed by atoms with van der Waals surface area (Å²) in [6, 6.07) is 5.25. The van der Waals surface area contributed by atoms with E-state index in [4.69, 9.17) is 9.47 Å². The van der Waals surface area contributed by atoms with Gasteiger partial charge in [-0.15, -0.1) is 0 Å². The van der Waals surface area contributed by atoms with Gasteiger partial charge in [0.2, 0.25) is 5.91 Å². The van der Waals surface area contributed by atoms with E-state index in [1.54, 1.807) is 18.2 Å². The molecule has 2 aliphatic heterocycles. The molecule has 0 bridgehead atoms. The highest BCUT2D eigenvalue weighted by atomic mass is 16.6. The first kappa shape index (κ1) is 21.2. The number of rotatable bonds is 7. The molecule has 2 heterocycles. The third-order valence-electron chi connectivity index (χ3n) is 6.87. The van der Waals surface area contributed by atoms with Gasteiger partial charge in [-0.3, -0.25) is 14.5 Å². The Morgan fingerprint density at radius 3 is 2.37 bits per heavy atom. The van der Waals surface area contributed by atoms with Crippen LogP contribution in [0.4, 0.5) is 0 Å². The number of nitrogens with one attached hydrogen (secondary N) is 1. The first-order valence-corrected chi connectivity index (χ1v) is 11.6. The van der Waals surface area contributed by atoms with Crippen LogP contribution in [0.1, 0.15) is 74.6 Å². The number of amides is 1. The van der Waals surface area contributed by atoms with Crippen LogP contribution in [0.5, 0.6) is 11.5 Å². The second kappa shape index (κ2) is 9.82. The molecule has 6 heteroatoms. The van der Waals surface area contributed by atoms with Gasteiger partial charge in [-0.1, -0.05) is 25.7 Å². The van der Waals surface area contributed by atoms with Gasteiger partial charge in [0.15, 0.2) is 17.3 Å². The lowest BCUT2D eigenvalue weighted by Crippen LogP contribution is -2.58. The molecule has 1 amide bonds. The Kier molecular flexibility index (Phi) is 6.93. The topological polar surface area (TPSA) is 67.9 Å². The van der Waals surface area contributed by atoms with Crippen molar-refractivity contribution < 1.29 is 19.1 Å². The predicted octanol–water partition coefficient (Wildman–Crippen LogP) is 3.73. The summed E-state index contributed by atoms with van der Waals surface area (Å²) in [4.78, 5) is 27.8. The lowest BCUT2D eigenvalue weighted by molar-refractivity contribution is -0.122. The van der Waals surface area contributed by atoms with E-state index in [2.05, 4.69) is 10.2 Å². The number of fused-ring (bicyclic) bond motifs is 1. The van der Waals surface area contributed by atoms with Crippen LogP contribution in [0.25, 0.3) is 0 Å². The Morgan fingerprint density at radius 1 is 0.900 bits per heavy atom. The number of carbonyl (C=O) groups is 2. The molecule has 0 aromatic heterocycles. The second-order valence-electron chi connectivity index (χ2n) is 8.89. The summed E-state index contributed by atoms with van der Waals surface area (Å²) in [6.45, 7) is 4.03. The van der Waals surface area contributed by atoms with Crippen LogP contribution < -0.4 is 14.8 Å². The maximum atomic E-state index is 12.6. The van der Waals surface area contributed by atoms with Crippen LogP contribution in [-0.4, -0.2) is 55.0 Å². The molecular formula is C24H34N2O4. The lowest BCUT2D eigenvalue weighted by atomic mass is 9.79. The molecule has 0 atom stereocenters. The molecular weight excluding hydrogens is 380 g/mol. The van der Waals surface area contributed by atoms with Crippen LogP contribution in [0, 0.1) is 0 Å². The monoisotopic (exact) mass is 414 g/mol. The first-order valence-electron chi connectivity index (χ1n) is 11.6. The fraction of sp³-hybridized carbons (Fsp3) is 0.667. The van der Waals surface area contributed by atoms with E-state index in [0.29, 0.717) is 36.8 Å².